The number of thiophene rings is 1. The number of nitrogens with zero attached hydrogens (tertiary/aromatic N) is 1. The lowest BCUT2D eigenvalue weighted by molar-refractivity contribution is 0.0775. The lowest BCUT2D eigenvalue weighted by Gasteiger charge is -2.37. The van der Waals surface area contributed by atoms with Gasteiger partial charge in [-0.2, -0.15) is 0 Å². The van der Waals surface area contributed by atoms with E-state index in [1.54, 1.807) is 0 Å². The molecule has 102 valence electrons. The van der Waals surface area contributed by atoms with Crippen molar-refractivity contribution in [3.63, 3.8) is 0 Å². The molecule has 1 saturated heterocycles. The Morgan fingerprint density at radius 1 is 1.32 bits per heavy atom. The van der Waals surface area contributed by atoms with Crippen LogP contribution in [0.15, 0.2) is 29.6 Å². The molecule has 1 aliphatic heterocycles. The van der Waals surface area contributed by atoms with Crippen LogP contribution in [-0.4, -0.2) is 29.2 Å². The van der Waals surface area contributed by atoms with Crippen LogP contribution < -0.4 is 0 Å². The summed E-state index contributed by atoms with van der Waals surface area (Å²) in [5.41, 5.74) is 1.44. The number of likely N-dealkylation sites (tertiary alicyclic amines) is 1. The summed E-state index contributed by atoms with van der Waals surface area (Å²) < 4.78 is 1.38. The van der Waals surface area contributed by atoms with Gasteiger partial charge in [-0.1, -0.05) is 18.2 Å². The van der Waals surface area contributed by atoms with Crippen molar-refractivity contribution in [2.24, 2.45) is 5.92 Å². The van der Waals surface area contributed by atoms with Gasteiger partial charge in [0, 0.05) is 30.4 Å². The fourth-order valence-corrected chi connectivity index (χ4v) is 3.96. The van der Waals surface area contributed by atoms with E-state index < -0.39 is 0 Å². The molecule has 1 N–H and O–H groups in total. The second kappa shape index (κ2) is 5.61. The van der Waals surface area contributed by atoms with Gasteiger partial charge in [-0.15, -0.1) is 11.3 Å². The SMILES string of the molecule is CC1CCC(CO)CN1Cc1csc2ccccc12. The van der Waals surface area contributed by atoms with E-state index >= 15 is 0 Å². The molecule has 3 heteroatoms. The maximum absolute atomic E-state index is 9.37. The summed E-state index contributed by atoms with van der Waals surface area (Å²) in [6.07, 6.45) is 2.37. The number of hydrogen-bond donors (Lipinski definition) is 1. The Morgan fingerprint density at radius 3 is 3.00 bits per heavy atom. The first-order valence-electron chi connectivity index (χ1n) is 7.08. The van der Waals surface area contributed by atoms with Crippen molar-refractivity contribution in [1.82, 2.24) is 4.90 Å². The molecule has 0 saturated carbocycles. The number of rotatable bonds is 3. The highest BCUT2D eigenvalue weighted by atomic mass is 32.1. The van der Waals surface area contributed by atoms with Crippen LogP contribution in [-0.2, 0) is 6.54 Å². The van der Waals surface area contributed by atoms with Crippen LogP contribution in [0.4, 0.5) is 0 Å². The van der Waals surface area contributed by atoms with Crippen LogP contribution in [0.5, 0.6) is 0 Å². The Balaban J connectivity index is 1.80. The number of hydrogen-bond acceptors (Lipinski definition) is 3. The van der Waals surface area contributed by atoms with E-state index in [-0.39, 0.29) is 0 Å². The van der Waals surface area contributed by atoms with Crippen molar-refractivity contribution in [3.8, 4) is 0 Å². The van der Waals surface area contributed by atoms with Crippen molar-refractivity contribution < 1.29 is 5.11 Å². The topological polar surface area (TPSA) is 23.5 Å². The molecule has 2 nitrogen and oxygen atoms in total. The minimum Gasteiger partial charge on any atom is -0.396 e. The summed E-state index contributed by atoms with van der Waals surface area (Å²) in [6.45, 7) is 4.68. The molecule has 2 atom stereocenters. The largest absolute Gasteiger partial charge is 0.396 e. The zero-order valence-electron chi connectivity index (χ0n) is 11.4. The number of fused-ring (bicyclic) bond motifs is 1. The Bertz CT molecular complexity index is 550. The third-order valence-corrected chi connectivity index (χ3v) is 5.31. The van der Waals surface area contributed by atoms with E-state index in [1.165, 1.54) is 28.5 Å². The molecule has 0 radical (unpaired) electrons. The van der Waals surface area contributed by atoms with Gasteiger partial charge in [0.1, 0.15) is 0 Å². The highest BCUT2D eigenvalue weighted by Gasteiger charge is 2.25. The number of aliphatic hydroxyl groups excluding tert-OH is 1. The summed E-state index contributed by atoms with van der Waals surface area (Å²) >= 11 is 1.83. The smallest absolute Gasteiger partial charge is 0.0471 e. The third-order valence-electron chi connectivity index (χ3n) is 4.30. The maximum Gasteiger partial charge on any atom is 0.0471 e. The highest BCUT2D eigenvalue weighted by Crippen LogP contribution is 2.29. The molecule has 2 unspecified atom stereocenters. The Labute approximate surface area is 118 Å². The Morgan fingerprint density at radius 2 is 2.16 bits per heavy atom. The Kier molecular flexibility index (Phi) is 3.87. The molecule has 2 heterocycles. The molecule has 0 bridgehead atoms. The minimum absolute atomic E-state index is 0.327. The molecule has 1 aliphatic rings. The van der Waals surface area contributed by atoms with E-state index in [0.29, 0.717) is 18.6 Å². The van der Waals surface area contributed by atoms with Gasteiger partial charge >= 0.3 is 0 Å². The van der Waals surface area contributed by atoms with Crippen LogP contribution in [0.3, 0.4) is 0 Å². The third kappa shape index (κ3) is 2.69. The number of piperidine rings is 1. The quantitative estimate of drug-likeness (QED) is 0.927. The summed E-state index contributed by atoms with van der Waals surface area (Å²) in [5.74, 6) is 0.459. The fraction of sp³-hybridized carbons (Fsp3) is 0.500. The van der Waals surface area contributed by atoms with Gasteiger partial charge in [-0.25, -0.2) is 0 Å². The number of benzene rings is 1. The van der Waals surface area contributed by atoms with Crippen LogP contribution in [0.25, 0.3) is 10.1 Å². The summed E-state index contributed by atoms with van der Waals surface area (Å²) in [4.78, 5) is 2.53. The fourth-order valence-electron chi connectivity index (χ4n) is 3.01. The van der Waals surface area contributed by atoms with E-state index in [9.17, 15) is 5.11 Å². The first-order chi connectivity index (χ1) is 9.28. The molecule has 3 rings (SSSR count). The van der Waals surface area contributed by atoms with Crippen LogP contribution in [0.1, 0.15) is 25.3 Å². The van der Waals surface area contributed by atoms with Gasteiger partial charge in [0.15, 0.2) is 0 Å². The summed E-state index contributed by atoms with van der Waals surface area (Å²) in [7, 11) is 0. The Hall–Kier alpha value is -0.900. The van der Waals surface area contributed by atoms with E-state index in [4.69, 9.17) is 0 Å². The van der Waals surface area contributed by atoms with E-state index in [0.717, 1.165) is 13.1 Å². The molecule has 1 fully saturated rings. The van der Waals surface area contributed by atoms with Crippen LogP contribution in [0.2, 0.25) is 0 Å². The molecule has 2 aromatic rings. The minimum atomic E-state index is 0.327. The average Bonchev–Trinajstić information content (AvgIpc) is 2.85. The summed E-state index contributed by atoms with van der Waals surface area (Å²) in [5, 5.41) is 13.1. The average molecular weight is 275 g/mol. The van der Waals surface area contributed by atoms with Crippen LogP contribution in [0, 0.1) is 5.92 Å². The first-order valence-corrected chi connectivity index (χ1v) is 7.96. The van der Waals surface area contributed by atoms with Crippen molar-refractivity contribution in [2.45, 2.75) is 32.4 Å². The standard InChI is InChI=1S/C16H21NOS/c1-12-6-7-13(10-18)8-17(12)9-14-11-19-16-5-3-2-4-15(14)16/h2-5,11-13,18H,6-10H2,1H3. The zero-order chi connectivity index (χ0) is 13.2. The van der Waals surface area contributed by atoms with Crippen molar-refractivity contribution in [1.29, 1.82) is 0 Å². The van der Waals surface area contributed by atoms with Gasteiger partial charge in [0.25, 0.3) is 0 Å². The molecule has 0 aliphatic carbocycles. The molecular weight excluding hydrogens is 254 g/mol. The van der Waals surface area contributed by atoms with Gasteiger partial charge < -0.3 is 5.11 Å². The van der Waals surface area contributed by atoms with Crippen molar-refractivity contribution in [2.75, 3.05) is 13.2 Å². The van der Waals surface area contributed by atoms with Crippen LogP contribution >= 0.6 is 11.3 Å². The monoisotopic (exact) mass is 275 g/mol. The number of aliphatic hydroxyl groups is 1. The van der Waals surface area contributed by atoms with Gasteiger partial charge in [0.2, 0.25) is 0 Å². The second-order valence-electron chi connectivity index (χ2n) is 5.66. The second-order valence-corrected chi connectivity index (χ2v) is 6.57. The van der Waals surface area contributed by atoms with E-state index in [2.05, 4.69) is 41.5 Å². The predicted octanol–water partition coefficient (Wildman–Crippen LogP) is 3.49. The van der Waals surface area contributed by atoms with Crippen molar-refractivity contribution >= 4 is 21.4 Å². The molecule has 19 heavy (non-hydrogen) atoms. The molecular formula is C16H21NOS. The molecule has 1 aromatic heterocycles. The lowest BCUT2D eigenvalue weighted by atomic mass is 9.93. The lowest BCUT2D eigenvalue weighted by Crippen LogP contribution is -2.42. The molecule has 0 spiro atoms. The zero-order valence-corrected chi connectivity index (χ0v) is 12.2. The first kappa shape index (κ1) is 13.1. The summed E-state index contributed by atoms with van der Waals surface area (Å²) in [6, 6.07) is 9.27. The van der Waals surface area contributed by atoms with Crippen molar-refractivity contribution in [3.05, 3.63) is 35.2 Å². The maximum atomic E-state index is 9.37. The highest BCUT2D eigenvalue weighted by molar-refractivity contribution is 7.17. The van der Waals surface area contributed by atoms with Gasteiger partial charge in [-0.05, 0) is 48.1 Å². The van der Waals surface area contributed by atoms with Gasteiger partial charge in [-0.3, -0.25) is 4.90 Å². The molecule has 1 aromatic carbocycles. The predicted molar refractivity (Wildman–Crippen MR) is 81.5 cm³/mol. The molecule has 0 amide bonds. The normalized spacial score (nSPS) is 24.9. The van der Waals surface area contributed by atoms with Gasteiger partial charge in [0.05, 0.1) is 0 Å². The van der Waals surface area contributed by atoms with E-state index in [1.807, 2.05) is 11.3 Å².